The van der Waals surface area contributed by atoms with Crippen LogP contribution in [0.15, 0.2) is 4.52 Å². The van der Waals surface area contributed by atoms with E-state index < -0.39 is 0 Å². The molecule has 0 radical (unpaired) electrons. The Morgan fingerprint density at radius 2 is 2.33 bits per heavy atom. The highest BCUT2D eigenvalue weighted by atomic mass is 35.5. The quantitative estimate of drug-likeness (QED) is 0.677. The van der Waals surface area contributed by atoms with E-state index in [1.54, 1.807) is 0 Å². The topological polar surface area (TPSA) is 26.0 Å². The molecule has 1 heterocycles. The summed E-state index contributed by atoms with van der Waals surface area (Å²) in [6, 6.07) is 0. The zero-order valence-corrected chi connectivity index (χ0v) is 7.90. The second kappa shape index (κ2) is 3.09. The van der Waals surface area contributed by atoms with Crippen LogP contribution in [0, 0.1) is 0 Å². The van der Waals surface area contributed by atoms with Gasteiger partial charge in [-0.1, -0.05) is 12.1 Å². The lowest BCUT2D eigenvalue weighted by Crippen LogP contribution is -1.89. The first kappa shape index (κ1) is 8.11. The molecule has 66 valence electrons. The van der Waals surface area contributed by atoms with Gasteiger partial charge in [-0.15, -0.1) is 11.6 Å². The predicted octanol–water partition coefficient (Wildman–Crippen LogP) is 2.85. The third kappa shape index (κ3) is 1.24. The van der Waals surface area contributed by atoms with Gasteiger partial charge in [-0.05, 0) is 19.3 Å². The van der Waals surface area contributed by atoms with Crippen molar-refractivity contribution in [3.8, 4) is 0 Å². The number of nitrogens with zero attached hydrogens (tertiary/aromatic N) is 1. The monoisotopic (exact) mass is 185 g/mol. The van der Waals surface area contributed by atoms with Crippen LogP contribution in [-0.2, 0) is 12.3 Å². The Balaban J connectivity index is 2.33. The van der Waals surface area contributed by atoms with E-state index in [9.17, 15) is 0 Å². The maximum absolute atomic E-state index is 5.73. The maximum atomic E-state index is 5.73. The molecular weight excluding hydrogens is 174 g/mol. The molecule has 2 rings (SSSR count). The minimum Gasteiger partial charge on any atom is -0.361 e. The zero-order valence-electron chi connectivity index (χ0n) is 7.14. The Hall–Kier alpha value is -0.500. The lowest BCUT2D eigenvalue weighted by molar-refractivity contribution is 0.379. The van der Waals surface area contributed by atoms with Gasteiger partial charge in [0, 0.05) is 11.5 Å². The molecule has 3 heteroatoms. The fraction of sp³-hybridized carbons (Fsp3) is 0.667. The molecule has 0 atom stereocenters. The molecule has 1 fully saturated rings. The molecule has 0 N–H and O–H groups in total. The van der Waals surface area contributed by atoms with E-state index in [-0.39, 0.29) is 0 Å². The molecule has 0 saturated heterocycles. The molecule has 0 bridgehead atoms. The van der Waals surface area contributed by atoms with Gasteiger partial charge in [0.2, 0.25) is 0 Å². The highest BCUT2D eigenvalue weighted by molar-refractivity contribution is 6.17. The fourth-order valence-electron chi connectivity index (χ4n) is 1.51. The first-order valence-corrected chi connectivity index (χ1v) is 4.93. The van der Waals surface area contributed by atoms with Gasteiger partial charge in [-0.25, -0.2) is 0 Å². The van der Waals surface area contributed by atoms with E-state index in [1.165, 1.54) is 18.4 Å². The summed E-state index contributed by atoms with van der Waals surface area (Å²) in [6.45, 7) is 2.12. The molecule has 0 aromatic carbocycles. The Bertz CT molecular complexity index is 278. The molecule has 0 aliphatic heterocycles. The summed E-state index contributed by atoms with van der Waals surface area (Å²) in [5, 5.41) is 3.96. The molecule has 1 aliphatic rings. The molecular formula is C9H12ClNO. The van der Waals surface area contributed by atoms with E-state index in [1.807, 2.05) is 0 Å². The van der Waals surface area contributed by atoms with E-state index in [2.05, 4.69) is 12.1 Å². The third-order valence-electron chi connectivity index (χ3n) is 2.33. The van der Waals surface area contributed by atoms with Crippen molar-refractivity contribution in [2.24, 2.45) is 0 Å². The van der Waals surface area contributed by atoms with Crippen molar-refractivity contribution in [1.29, 1.82) is 0 Å². The number of alkyl halides is 1. The maximum Gasteiger partial charge on any atom is 0.143 e. The Morgan fingerprint density at radius 1 is 1.58 bits per heavy atom. The van der Waals surface area contributed by atoms with Crippen LogP contribution >= 0.6 is 11.6 Å². The fourth-order valence-corrected chi connectivity index (χ4v) is 1.72. The van der Waals surface area contributed by atoms with Gasteiger partial charge in [-0.3, -0.25) is 0 Å². The van der Waals surface area contributed by atoms with E-state index in [0.717, 1.165) is 17.9 Å². The largest absolute Gasteiger partial charge is 0.361 e. The van der Waals surface area contributed by atoms with Gasteiger partial charge < -0.3 is 4.52 Å². The van der Waals surface area contributed by atoms with Crippen LogP contribution < -0.4 is 0 Å². The van der Waals surface area contributed by atoms with Gasteiger partial charge in [0.15, 0.2) is 0 Å². The number of rotatable bonds is 3. The average molecular weight is 186 g/mol. The van der Waals surface area contributed by atoms with E-state index in [0.29, 0.717) is 11.8 Å². The second-order valence-corrected chi connectivity index (χ2v) is 3.50. The molecule has 0 spiro atoms. The van der Waals surface area contributed by atoms with Crippen molar-refractivity contribution < 1.29 is 4.52 Å². The summed E-state index contributed by atoms with van der Waals surface area (Å²) in [7, 11) is 0. The standard InChI is InChI=1S/C9H12ClNO/c1-2-7-8(5-10)11-12-9(7)6-3-4-6/h6H,2-5H2,1H3. The van der Waals surface area contributed by atoms with Crippen molar-refractivity contribution in [1.82, 2.24) is 5.16 Å². The molecule has 12 heavy (non-hydrogen) atoms. The summed E-state index contributed by atoms with van der Waals surface area (Å²) in [5.41, 5.74) is 2.17. The van der Waals surface area contributed by atoms with Crippen molar-refractivity contribution in [3.05, 3.63) is 17.0 Å². The normalized spacial score (nSPS) is 16.8. The number of aromatic nitrogens is 1. The average Bonchev–Trinajstić information content (AvgIpc) is 2.85. The summed E-state index contributed by atoms with van der Waals surface area (Å²) < 4.78 is 5.27. The van der Waals surface area contributed by atoms with Crippen LogP contribution in [0.3, 0.4) is 0 Å². The first-order chi connectivity index (χ1) is 5.86. The molecule has 0 unspecified atom stereocenters. The molecule has 2 nitrogen and oxygen atoms in total. The van der Waals surface area contributed by atoms with Gasteiger partial charge in [0.05, 0.1) is 5.88 Å². The molecule has 1 aliphatic carbocycles. The summed E-state index contributed by atoms with van der Waals surface area (Å²) in [5.74, 6) is 2.21. The highest BCUT2D eigenvalue weighted by Gasteiger charge is 2.31. The zero-order chi connectivity index (χ0) is 8.55. The first-order valence-electron chi connectivity index (χ1n) is 4.40. The minimum absolute atomic E-state index is 0.472. The second-order valence-electron chi connectivity index (χ2n) is 3.23. The summed E-state index contributed by atoms with van der Waals surface area (Å²) in [4.78, 5) is 0. The van der Waals surface area contributed by atoms with Crippen molar-refractivity contribution in [2.75, 3.05) is 0 Å². The van der Waals surface area contributed by atoms with Crippen molar-refractivity contribution >= 4 is 11.6 Å². The number of hydrogen-bond donors (Lipinski definition) is 0. The number of halogens is 1. The molecule has 0 amide bonds. The van der Waals surface area contributed by atoms with E-state index >= 15 is 0 Å². The Morgan fingerprint density at radius 3 is 2.83 bits per heavy atom. The van der Waals surface area contributed by atoms with Crippen LogP contribution in [0.5, 0.6) is 0 Å². The van der Waals surface area contributed by atoms with Crippen LogP contribution in [0.4, 0.5) is 0 Å². The van der Waals surface area contributed by atoms with Crippen LogP contribution in [-0.4, -0.2) is 5.16 Å². The lowest BCUT2D eigenvalue weighted by atomic mass is 10.1. The Kier molecular flexibility index (Phi) is 2.09. The molecule has 1 aromatic heterocycles. The van der Waals surface area contributed by atoms with Gasteiger partial charge in [0.1, 0.15) is 11.5 Å². The summed E-state index contributed by atoms with van der Waals surface area (Å²) in [6.07, 6.45) is 3.49. The molecule has 1 aromatic rings. The van der Waals surface area contributed by atoms with Crippen molar-refractivity contribution in [2.45, 2.75) is 38.0 Å². The van der Waals surface area contributed by atoms with Gasteiger partial charge >= 0.3 is 0 Å². The lowest BCUT2D eigenvalue weighted by Gasteiger charge is -1.95. The van der Waals surface area contributed by atoms with E-state index in [4.69, 9.17) is 16.1 Å². The number of hydrogen-bond acceptors (Lipinski definition) is 2. The third-order valence-corrected chi connectivity index (χ3v) is 2.58. The van der Waals surface area contributed by atoms with Crippen molar-refractivity contribution in [3.63, 3.8) is 0 Å². The SMILES string of the molecule is CCc1c(CCl)noc1C1CC1. The van der Waals surface area contributed by atoms with Crippen LogP contribution in [0.2, 0.25) is 0 Å². The highest BCUT2D eigenvalue weighted by Crippen LogP contribution is 2.42. The predicted molar refractivity (Wildman–Crippen MR) is 47.4 cm³/mol. The molecule has 1 saturated carbocycles. The van der Waals surface area contributed by atoms with Gasteiger partial charge in [0.25, 0.3) is 0 Å². The van der Waals surface area contributed by atoms with Crippen LogP contribution in [0.25, 0.3) is 0 Å². The van der Waals surface area contributed by atoms with Gasteiger partial charge in [-0.2, -0.15) is 0 Å². The summed E-state index contributed by atoms with van der Waals surface area (Å²) >= 11 is 5.73. The van der Waals surface area contributed by atoms with Crippen LogP contribution in [0.1, 0.15) is 42.7 Å². The Labute approximate surface area is 76.9 Å². The minimum atomic E-state index is 0.472. The smallest absolute Gasteiger partial charge is 0.143 e.